The maximum atomic E-state index is 11.7. The van der Waals surface area contributed by atoms with Gasteiger partial charge < -0.3 is 23.6 Å². The van der Waals surface area contributed by atoms with Gasteiger partial charge in [-0.3, -0.25) is 4.57 Å². The zero-order valence-corrected chi connectivity index (χ0v) is 37.5. The van der Waals surface area contributed by atoms with Gasteiger partial charge in [0, 0.05) is 39.4 Å². The molecule has 56 heavy (non-hydrogen) atoms. The highest BCUT2D eigenvalue weighted by Gasteiger charge is 2.62. The molecule has 2 aliphatic carbocycles. The highest BCUT2D eigenvalue weighted by Crippen LogP contribution is 2.61. The third-order valence-electron chi connectivity index (χ3n) is 12.5. The second-order valence-corrected chi connectivity index (χ2v) is 19.7. The standard InChI is InChI=1S/C49H87O6P/c1-4-6-8-10-12-14-16-18-20-22-24-26-28-30-32-34-37-48(38-35-33-31-29-27-25-23-21-19-17-15-13-11-9-7-5-2)43-49(44-48)54-46-41-45(42-47(46)55-49)53-39-36-40-56(50,51)52-3/h12-15,18-21,45-47H,4-11,16-17,22-44H2,1-3H3,(H,50,51)/b14-12-,15-13-,20-18-,21-19-/t45?,46-,47+. The minimum absolute atomic E-state index is 0.101. The maximum absolute atomic E-state index is 11.7. The average molecular weight is 803 g/mol. The fourth-order valence-corrected chi connectivity index (χ4v) is 9.91. The van der Waals surface area contributed by atoms with Gasteiger partial charge in [-0.1, -0.05) is 152 Å². The van der Waals surface area contributed by atoms with Gasteiger partial charge in [-0.2, -0.15) is 0 Å². The zero-order valence-electron chi connectivity index (χ0n) is 36.6. The summed E-state index contributed by atoms with van der Waals surface area (Å²) in [6.45, 7) is 5.00. The second kappa shape index (κ2) is 30.1. The normalized spacial score (nSPS) is 22.7. The van der Waals surface area contributed by atoms with Crippen LogP contribution < -0.4 is 0 Å². The molecule has 7 heteroatoms. The van der Waals surface area contributed by atoms with Crippen molar-refractivity contribution in [1.82, 2.24) is 0 Å². The SMILES string of the molecule is CCCCC/C=C\C/C=C\CCCCCCCCC1(CCCCCCCC/C=C\C/C=C\CCCCC)CC2(C1)O[C@H]1CC(OCCCP(=O)(O)OC)C[C@H]1O2. The fourth-order valence-electron chi connectivity index (χ4n) is 9.20. The Hall–Kier alpha value is -1.01. The number of hydrogen-bond acceptors (Lipinski definition) is 5. The van der Waals surface area contributed by atoms with Crippen LogP contribution in [0.4, 0.5) is 0 Å². The summed E-state index contributed by atoms with van der Waals surface area (Å²) in [4.78, 5) is 9.65. The van der Waals surface area contributed by atoms with Gasteiger partial charge in [0.1, 0.15) is 0 Å². The number of unbranched alkanes of at least 4 members (excludes halogenated alkanes) is 18. The Kier molecular flexibility index (Phi) is 26.5. The van der Waals surface area contributed by atoms with E-state index in [0.717, 1.165) is 38.5 Å². The number of ether oxygens (including phenoxy) is 3. The summed E-state index contributed by atoms with van der Waals surface area (Å²) in [5.74, 6) is -0.376. The Bertz CT molecular complexity index is 1070. The number of fused-ring (bicyclic) bond motifs is 1. The van der Waals surface area contributed by atoms with Gasteiger partial charge in [-0.05, 0) is 88.9 Å². The van der Waals surface area contributed by atoms with Gasteiger partial charge in [0.15, 0.2) is 5.79 Å². The van der Waals surface area contributed by atoms with Crippen LogP contribution in [0.25, 0.3) is 0 Å². The van der Waals surface area contributed by atoms with Crippen molar-refractivity contribution in [2.75, 3.05) is 19.9 Å². The highest BCUT2D eigenvalue weighted by atomic mass is 31.2. The molecule has 0 bridgehead atoms. The summed E-state index contributed by atoms with van der Waals surface area (Å²) in [5.41, 5.74) is 0.374. The van der Waals surface area contributed by atoms with E-state index in [1.54, 1.807) is 0 Å². The number of rotatable bonds is 36. The van der Waals surface area contributed by atoms with E-state index in [-0.39, 0.29) is 30.3 Å². The molecular formula is C49H87O6P. The molecule has 2 saturated carbocycles. The predicted octanol–water partition coefficient (Wildman–Crippen LogP) is 15.1. The summed E-state index contributed by atoms with van der Waals surface area (Å²) in [7, 11) is -2.18. The molecule has 1 aliphatic heterocycles. The van der Waals surface area contributed by atoms with Crippen LogP contribution in [0.3, 0.4) is 0 Å². The smallest absolute Gasteiger partial charge is 0.327 e. The third-order valence-corrected chi connectivity index (χ3v) is 13.9. The Morgan fingerprint density at radius 3 is 1.43 bits per heavy atom. The molecule has 3 fully saturated rings. The Labute approximate surface area is 345 Å². The van der Waals surface area contributed by atoms with E-state index in [1.165, 1.54) is 161 Å². The topological polar surface area (TPSA) is 74.2 Å². The molecule has 1 spiro atoms. The largest absolute Gasteiger partial charge is 0.378 e. The van der Waals surface area contributed by atoms with Crippen molar-refractivity contribution in [2.24, 2.45) is 5.41 Å². The Morgan fingerprint density at radius 2 is 1.00 bits per heavy atom. The molecule has 324 valence electrons. The molecule has 0 radical (unpaired) electrons. The van der Waals surface area contributed by atoms with Crippen LogP contribution in [0.2, 0.25) is 0 Å². The van der Waals surface area contributed by atoms with Crippen molar-refractivity contribution >= 4 is 7.60 Å². The first-order valence-corrected chi connectivity index (χ1v) is 25.6. The first kappa shape index (κ1) is 49.4. The summed E-state index contributed by atoms with van der Waals surface area (Å²) >= 11 is 0. The maximum Gasteiger partial charge on any atom is 0.327 e. The van der Waals surface area contributed by atoms with Crippen molar-refractivity contribution in [2.45, 2.75) is 237 Å². The van der Waals surface area contributed by atoms with Gasteiger partial charge in [0.05, 0.1) is 24.5 Å². The lowest BCUT2D eigenvalue weighted by molar-refractivity contribution is -0.283. The van der Waals surface area contributed by atoms with E-state index in [4.69, 9.17) is 18.7 Å². The van der Waals surface area contributed by atoms with Crippen LogP contribution in [0.15, 0.2) is 48.6 Å². The molecule has 0 aromatic heterocycles. The first-order chi connectivity index (χ1) is 27.3. The minimum atomic E-state index is -3.47. The first-order valence-electron chi connectivity index (χ1n) is 23.8. The fraction of sp³-hybridized carbons (Fsp3) is 0.837. The van der Waals surface area contributed by atoms with Crippen LogP contribution in [-0.4, -0.2) is 48.9 Å². The van der Waals surface area contributed by atoms with Gasteiger partial charge >= 0.3 is 7.60 Å². The van der Waals surface area contributed by atoms with Crippen molar-refractivity contribution in [3.8, 4) is 0 Å². The molecule has 2 unspecified atom stereocenters. The zero-order chi connectivity index (χ0) is 40.1. The van der Waals surface area contributed by atoms with Crippen molar-refractivity contribution in [3.05, 3.63) is 48.6 Å². The lowest BCUT2D eigenvalue weighted by Gasteiger charge is -2.54. The molecule has 6 nitrogen and oxygen atoms in total. The van der Waals surface area contributed by atoms with Crippen LogP contribution in [0.5, 0.6) is 0 Å². The Balaban J connectivity index is 1.30. The molecule has 4 atom stereocenters. The van der Waals surface area contributed by atoms with Gasteiger partial charge in [-0.25, -0.2) is 0 Å². The van der Waals surface area contributed by atoms with Crippen LogP contribution in [0, 0.1) is 5.41 Å². The summed E-state index contributed by atoms with van der Waals surface area (Å²) in [5, 5.41) is 0. The van der Waals surface area contributed by atoms with Gasteiger partial charge in [0.2, 0.25) is 0 Å². The molecule has 0 aromatic carbocycles. The second-order valence-electron chi connectivity index (χ2n) is 17.6. The average Bonchev–Trinajstić information content (AvgIpc) is 3.72. The van der Waals surface area contributed by atoms with Crippen LogP contribution in [-0.2, 0) is 23.3 Å². The molecule has 1 heterocycles. The lowest BCUT2D eigenvalue weighted by atomic mass is 9.59. The molecule has 1 N–H and O–H groups in total. The van der Waals surface area contributed by atoms with E-state index < -0.39 is 7.60 Å². The quantitative estimate of drug-likeness (QED) is 0.0386. The van der Waals surface area contributed by atoms with Gasteiger partial charge in [-0.15, -0.1) is 0 Å². The van der Waals surface area contributed by atoms with Crippen LogP contribution in [0.1, 0.15) is 213 Å². The van der Waals surface area contributed by atoms with Crippen molar-refractivity contribution in [1.29, 1.82) is 0 Å². The molecule has 1 saturated heterocycles. The summed E-state index contributed by atoms with van der Waals surface area (Å²) in [6, 6.07) is 0. The van der Waals surface area contributed by atoms with E-state index >= 15 is 0 Å². The predicted molar refractivity (Wildman–Crippen MR) is 237 cm³/mol. The third kappa shape index (κ3) is 21.3. The molecule has 0 amide bonds. The summed E-state index contributed by atoms with van der Waals surface area (Å²) in [6.07, 6.45) is 57.4. The molecule has 3 rings (SSSR count). The van der Waals surface area contributed by atoms with E-state index in [0.29, 0.717) is 18.4 Å². The summed E-state index contributed by atoms with van der Waals surface area (Å²) < 4.78 is 35.9. The number of hydrogen-bond donors (Lipinski definition) is 1. The monoisotopic (exact) mass is 803 g/mol. The van der Waals surface area contributed by atoms with E-state index in [2.05, 4.69) is 62.5 Å². The van der Waals surface area contributed by atoms with Crippen LogP contribution >= 0.6 is 7.60 Å². The Morgan fingerprint density at radius 1 is 0.589 bits per heavy atom. The van der Waals surface area contributed by atoms with Gasteiger partial charge in [0.25, 0.3) is 0 Å². The highest BCUT2D eigenvalue weighted by molar-refractivity contribution is 7.52. The lowest BCUT2D eigenvalue weighted by Crippen LogP contribution is -2.53. The van der Waals surface area contributed by atoms with E-state index in [9.17, 15) is 9.46 Å². The minimum Gasteiger partial charge on any atom is -0.378 e. The molecule has 3 aliphatic rings. The van der Waals surface area contributed by atoms with Crippen molar-refractivity contribution in [3.63, 3.8) is 0 Å². The number of allylic oxidation sites excluding steroid dienone is 8. The van der Waals surface area contributed by atoms with E-state index in [1.807, 2.05) is 0 Å². The van der Waals surface area contributed by atoms with Crippen molar-refractivity contribution < 1.29 is 28.2 Å². The molecule has 0 aromatic rings. The molecular weight excluding hydrogens is 716 g/mol.